The summed E-state index contributed by atoms with van der Waals surface area (Å²) in [7, 11) is 1.28. The molecule has 0 fully saturated rings. The molecule has 0 saturated heterocycles. The molecule has 0 atom stereocenters. The Balaban J connectivity index is 2.33. The Hall–Kier alpha value is -2.51. The van der Waals surface area contributed by atoms with Gasteiger partial charge in [0, 0.05) is 13.2 Å². The molecule has 0 unspecified atom stereocenters. The highest BCUT2D eigenvalue weighted by molar-refractivity contribution is 6.05. The molecule has 5 nitrogen and oxygen atoms in total. The van der Waals surface area contributed by atoms with Crippen LogP contribution in [0.3, 0.4) is 0 Å². The van der Waals surface area contributed by atoms with Gasteiger partial charge in [0.15, 0.2) is 5.69 Å². The Bertz CT molecular complexity index is 650. The Labute approximate surface area is 111 Å². The van der Waals surface area contributed by atoms with Crippen LogP contribution in [0.4, 0.5) is 18.9 Å². The van der Waals surface area contributed by atoms with Crippen LogP contribution in [-0.2, 0) is 13.2 Å². The zero-order valence-corrected chi connectivity index (χ0v) is 10.3. The molecule has 0 aliphatic heterocycles. The van der Waals surface area contributed by atoms with Crippen molar-refractivity contribution in [2.45, 2.75) is 6.18 Å². The summed E-state index contributed by atoms with van der Waals surface area (Å²) in [6.45, 7) is 0. The lowest BCUT2D eigenvalue weighted by atomic mass is 10.2. The third-order valence-corrected chi connectivity index (χ3v) is 2.49. The highest BCUT2D eigenvalue weighted by atomic mass is 19.4. The number of benzene rings is 1. The van der Waals surface area contributed by atoms with Gasteiger partial charge in [0.05, 0.1) is 11.3 Å². The van der Waals surface area contributed by atoms with Crippen molar-refractivity contribution in [3.05, 3.63) is 41.7 Å². The summed E-state index contributed by atoms with van der Waals surface area (Å²) in [5.74, 6) is -1.23. The van der Waals surface area contributed by atoms with E-state index in [9.17, 15) is 23.1 Å². The molecule has 2 rings (SSSR count). The smallest absolute Gasteiger partial charge is 0.435 e. The maximum atomic E-state index is 12.7. The summed E-state index contributed by atoms with van der Waals surface area (Å²) in [5.41, 5.74) is -1.86. The van der Waals surface area contributed by atoms with E-state index in [2.05, 4.69) is 10.4 Å². The van der Waals surface area contributed by atoms with Crippen LogP contribution in [0.5, 0.6) is 5.75 Å². The quantitative estimate of drug-likeness (QED) is 0.833. The first-order chi connectivity index (χ1) is 9.29. The number of aromatic nitrogens is 2. The molecule has 8 heteroatoms. The number of aromatic hydroxyl groups is 1. The second kappa shape index (κ2) is 4.87. The van der Waals surface area contributed by atoms with Gasteiger partial charge in [0.1, 0.15) is 5.75 Å². The molecular weight excluding hydrogens is 275 g/mol. The lowest BCUT2D eigenvalue weighted by Crippen LogP contribution is -2.17. The molecule has 1 heterocycles. The van der Waals surface area contributed by atoms with Crippen LogP contribution >= 0.6 is 0 Å². The second-order valence-electron chi connectivity index (χ2n) is 4.03. The van der Waals surface area contributed by atoms with Crippen molar-refractivity contribution in [1.29, 1.82) is 0 Å². The number of nitrogens with zero attached hydrogens (tertiary/aromatic N) is 2. The Morgan fingerprint density at radius 3 is 2.60 bits per heavy atom. The summed E-state index contributed by atoms with van der Waals surface area (Å²) in [4.78, 5) is 11.9. The molecule has 106 valence electrons. The van der Waals surface area contributed by atoms with Gasteiger partial charge in [-0.3, -0.25) is 9.48 Å². The number of carbonyl (C=O) groups excluding carboxylic acids is 1. The van der Waals surface area contributed by atoms with E-state index in [1.165, 1.54) is 31.3 Å². The van der Waals surface area contributed by atoms with Gasteiger partial charge in [-0.1, -0.05) is 12.1 Å². The van der Waals surface area contributed by atoms with Gasteiger partial charge in [-0.15, -0.1) is 0 Å². The maximum Gasteiger partial charge on any atom is 0.435 e. The minimum absolute atomic E-state index is 0.0227. The van der Waals surface area contributed by atoms with Crippen LogP contribution < -0.4 is 5.32 Å². The van der Waals surface area contributed by atoms with Gasteiger partial charge in [-0.25, -0.2) is 0 Å². The Morgan fingerprint density at radius 1 is 1.35 bits per heavy atom. The minimum Gasteiger partial charge on any atom is -0.506 e. The largest absolute Gasteiger partial charge is 0.506 e. The number of phenolic OH excluding ortho intramolecular Hbond substituents is 1. The number of rotatable bonds is 2. The molecule has 2 aromatic rings. The number of amides is 1. The number of phenols is 1. The number of carbonyl (C=O) groups is 1. The monoisotopic (exact) mass is 285 g/mol. The first-order valence-electron chi connectivity index (χ1n) is 5.49. The Kier molecular flexibility index (Phi) is 3.39. The predicted octanol–water partition coefficient (Wildman–Crippen LogP) is 2.40. The number of nitrogens with one attached hydrogen (secondary N) is 1. The van der Waals surface area contributed by atoms with E-state index in [-0.39, 0.29) is 11.4 Å². The molecule has 1 amide bonds. The number of para-hydroxylation sites is 2. The van der Waals surface area contributed by atoms with Crippen LogP contribution in [0.2, 0.25) is 0 Å². The fourth-order valence-electron chi connectivity index (χ4n) is 1.63. The topological polar surface area (TPSA) is 67.2 Å². The molecule has 2 N–H and O–H groups in total. The summed E-state index contributed by atoms with van der Waals surface area (Å²) in [6.07, 6.45) is -3.76. The number of hydrogen-bond acceptors (Lipinski definition) is 3. The second-order valence-corrected chi connectivity index (χ2v) is 4.03. The van der Waals surface area contributed by atoms with Crippen molar-refractivity contribution in [3.63, 3.8) is 0 Å². The van der Waals surface area contributed by atoms with E-state index in [0.29, 0.717) is 0 Å². The molecule has 0 spiro atoms. The van der Waals surface area contributed by atoms with Gasteiger partial charge in [-0.2, -0.15) is 18.3 Å². The minimum atomic E-state index is -4.73. The number of aryl methyl sites for hydroxylation is 1. The van der Waals surface area contributed by atoms with E-state index in [1.807, 2.05) is 0 Å². The van der Waals surface area contributed by atoms with Gasteiger partial charge in [0.25, 0.3) is 5.91 Å². The molecule has 0 bridgehead atoms. The van der Waals surface area contributed by atoms with E-state index in [4.69, 9.17) is 0 Å². The average molecular weight is 285 g/mol. The number of halogens is 3. The lowest BCUT2D eigenvalue weighted by molar-refractivity contribution is -0.141. The zero-order chi connectivity index (χ0) is 14.9. The van der Waals surface area contributed by atoms with E-state index < -0.39 is 23.3 Å². The van der Waals surface area contributed by atoms with Gasteiger partial charge in [0.2, 0.25) is 0 Å². The molecule has 0 radical (unpaired) electrons. The summed E-state index contributed by atoms with van der Waals surface area (Å²) in [6, 6.07) is 5.74. The summed E-state index contributed by atoms with van der Waals surface area (Å²) < 4.78 is 39.1. The van der Waals surface area contributed by atoms with E-state index >= 15 is 0 Å². The molecule has 0 saturated carbocycles. The van der Waals surface area contributed by atoms with Gasteiger partial charge >= 0.3 is 6.18 Å². The molecule has 0 aliphatic carbocycles. The average Bonchev–Trinajstić information content (AvgIpc) is 2.74. The highest BCUT2D eigenvalue weighted by Crippen LogP contribution is 2.31. The molecule has 1 aromatic heterocycles. The third-order valence-electron chi connectivity index (χ3n) is 2.49. The van der Waals surface area contributed by atoms with E-state index in [0.717, 1.165) is 10.9 Å². The van der Waals surface area contributed by atoms with Crippen molar-refractivity contribution >= 4 is 11.6 Å². The highest BCUT2D eigenvalue weighted by Gasteiger charge is 2.39. The van der Waals surface area contributed by atoms with Crippen LogP contribution in [0.25, 0.3) is 0 Å². The van der Waals surface area contributed by atoms with Crippen molar-refractivity contribution in [2.75, 3.05) is 5.32 Å². The number of anilines is 1. The number of alkyl halides is 3. The van der Waals surface area contributed by atoms with Crippen LogP contribution in [0, 0.1) is 0 Å². The van der Waals surface area contributed by atoms with Crippen LogP contribution in [0.1, 0.15) is 16.1 Å². The third kappa shape index (κ3) is 2.73. The van der Waals surface area contributed by atoms with Gasteiger partial charge in [-0.05, 0) is 12.1 Å². The zero-order valence-electron chi connectivity index (χ0n) is 10.3. The fraction of sp³-hybridized carbons (Fsp3) is 0.167. The van der Waals surface area contributed by atoms with Crippen molar-refractivity contribution in [3.8, 4) is 5.75 Å². The maximum absolute atomic E-state index is 12.7. The number of hydrogen-bond donors (Lipinski definition) is 2. The van der Waals surface area contributed by atoms with Crippen molar-refractivity contribution in [1.82, 2.24) is 9.78 Å². The Morgan fingerprint density at radius 2 is 2.00 bits per heavy atom. The van der Waals surface area contributed by atoms with Crippen LogP contribution in [-0.4, -0.2) is 20.8 Å². The SMILES string of the molecule is Cn1cc(C(=O)Nc2ccccc2O)c(C(F)(F)F)n1. The molecule has 0 aliphatic rings. The summed E-state index contributed by atoms with van der Waals surface area (Å²) in [5, 5.41) is 14.9. The first-order valence-corrected chi connectivity index (χ1v) is 5.49. The predicted molar refractivity (Wildman–Crippen MR) is 64.3 cm³/mol. The van der Waals surface area contributed by atoms with Crippen LogP contribution in [0.15, 0.2) is 30.5 Å². The lowest BCUT2D eigenvalue weighted by Gasteiger charge is -2.08. The molecular formula is C12H10F3N3O2. The van der Waals surface area contributed by atoms with Gasteiger partial charge < -0.3 is 10.4 Å². The molecule has 1 aromatic carbocycles. The van der Waals surface area contributed by atoms with Crippen molar-refractivity contribution in [2.24, 2.45) is 7.05 Å². The van der Waals surface area contributed by atoms with E-state index in [1.54, 1.807) is 0 Å². The normalized spacial score (nSPS) is 11.4. The standard InChI is InChI=1S/C12H10F3N3O2/c1-18-6-7(10(17-18)12(13,14)15)11(20)16-8-4-2-3-5-9(8)19/h2-6,19H,1H3,(H,16,20). The first kappa shape index (κ1) is 13.9. The summed E-state index contributed by atoms with van der Waals surface area (Å²) >= 11 is 0. The molecule has 20 heavy (non-hydrogen) atoms. The fourth-order valence-corrected chi connectivity index (χ4v) is 1.63. The van der Waals surface area contributed by atoms with Crippen molar-refractivity contribution < 1.29 is 23.1 Å².